The van der Waals surface area contributed by atoms with Crippen LogP contribution in [0.4, 0.5) is 0 Å². The molecule has 1 aliphatic rings. The largest absolute Gasteiger partial charge is 0.373 e. The molecule has 0 saturated carbocycles. The first-order valence-electron chi connectivity index (χ1n) is 2.42. The molecule has 3 heteroatoms. The molecule has 2 unspecified atom stereocenters. The molecule has 1 rings (SSSR count). The van der Waals surface area contributed by atoms with Crippen LogP contribution in [-0.4, -0.2) is 25.3 Å². The van der Waals surface area contributed by atoms with Crippen LogP contribution < -0.4 is 11.5 Å². The van der Waals surface area contributed by atoms with Gasteiger partial charge in [0.1, 0.15) is 0 Å². The highest BCUT2D eigenvalue weighted by Crippen LogP contribution is 2.06. The molecular formula is C4H10N2O. The van der Waals surface area contributed by atoms with E-state index in [4.69, 9.17) is 16.2 Å². The number of hydrogen-bond acceptors (Lipinski definition) is 3. The predicted octanol–water partition coefficient (Wildman–Crippen LogP) is -1.33. The predicted molar refractivity (Wildman–Crippen MR) is 26.8 cm³/mol. The number of hydrogen-bond donors (Lipinski definition) is 2. The molecule has 0 bridgehead atoms. The lowest BCUT2D eigenvalue weighted by Crippen LogP contribution is -2.54. The molecule has 0 aromatic heterocycles. The van der Waals surface area contributed by atoms with E-state index in [0.29, 0.717) is 13.2 Å². The van der Waals surface area contributed by atoms with Gasteiger partial charge in [-0.2, -0.15) is 0 Å². The van der Waals surface area contributed by atoms with Gasteiger partial charge in [-0.25, -0.2) is 0 Å². The summed E-state index contributed by atoms with van der Waals surface area (Å²) in [6.07, 6.45) is 0.139. The average Bonchev–Trinajstić information content (AvgIpc) is 1.65. The van der Waals surface area contributed by atoms with Crippen LogP contribution in [0, 0.1) is 0 Å². The summed E-state index contributed by atoms with van der Waals surface area (Å²) in [5, 5.41) is 0. The average molecular weight is 102 g/mol. The van der Waals surface area contributed by atoms with Crippen molar-refractivity contribution >= 4 is 0 Å². The van der Waals surface area contributed by atoms with Crippen LogP contribution in [0.1, 0.15) is 0 Å². The van der Waals surface area contributed by atoms with Crippen LogP contribution >= 0.6 is 0 Å². The molecule has 1 heterocycles. The van der Waals surface area contributed by atoms with E-state index in [1.54, 1.807) is 0 Å². The van der Waals surface area contributed by atoms with Crippen molar-refractivity contribution in [1.29, 1.82) is 0 Å². The maximum absolute atomic E-state index is 5.43. The highest BCUT2D eigenvalue weighted by molar-refractivity contribution is 4.81. The van der Waals surface area contributed by atoms with Crippen molar-refractivity contribution in [3.63, 3.8) is 0 Å². The Balaban J connectivity index is 2.16. The Labute approximate surface area is 42.6 Å². The van der Waals surface area contributed by atoms with Gasteiger partial charge in [-0.05, 0) is 0 Å². The lowest BCUT2D eigenvalue weighted by molar-refractivity contribution is -0.0657. The Hall–Kier alpha value is -0.120. The summed E-state index contributed by atoms with van der Waals surface area (Å²) in [5.74, 6) is 0. The molecule has 0 aromatic rings. The van der Waals surface area contributed by atoms with E-state index in [0.717, 1.165) is 0 Å². The zero-order chi connectivity index (χ0) is 5.28. The quantitative estimate of drug-likeness (QED) is 0.431. The lowest BCUT2D eigenvalue weighted by atomic mass is 10.1. The van der Waals surface area contributed by atoms with E-state index in [1.165, 1.54) is 0 Å². The van der Waals surface area contributed by atoms with E-state index in [1.807, 2.05) is 0 Å². The Morgan fingerprint density at radius 2 is 2.43 bits per heavy atom. The highest BCUT2D eigenvalue weighted by Gasteiger charge is 2.26. The third-order valence-electron chi connectivity index (χ3n) is 1.21. The molecule has 4 N–H and O–H groups in total. The first-order chi connectivity index (χ1) is 3.34. The van der Waals surface area contributed by atoms with Crippen LogP contribution in [-0.2, 0) is 4.74 Å². The van der Waals surface area contributed by atoms with Gasteiger partial charge in [-0.1, -0.05) is 0 Å². The van der Waals surface area contributed by atoms with Crippen LogP contribution in [0.15, 0.2) is 0 Å². The fraction of sp³-hybridized carbons (Fsp3) is 1.00. The number of rotatable bonds is 1. The van der Waals surface area contributed by atoms with E-state index >= 15 is 0 Å². The van der Waals surface area contributed by atoms with Crippen molar-refractivity contribution < 1.29 is 4.74 Å². The van der Waals surface area contributed by atoms with Crippen molar-refractivity contribution in [1.82, 2.24) is 0 Å². The Morgan fingerprint density at radius 1 is 1.71 bits per heavy atom. The maximum atomic E-state index is 5.43. The molecular weight excluding hydrogens is 92.1 g/mol. The van der Waals surface area contributed by atoms with E-state index in [2.05, 4.69) is 0 Å². The first-order valence-corrected chi connectivity index (χ1v) is 2.42. The second kappa shape index (κ2) is 1.78. The van der Waals surface area contributed by atoms with Gasteiger partial charge in [0.05, 0.1) is 18.8 Å². The zero-order valence-corrected chi connectivity index (χ0v) is 4.13. The molecule has 42 valence electrons. The fourth-order valence-corrected chi connectivity index (χ4v) is 0.586. The summed E-state index contributed by atoms with van der Waals surface area (Å²) in [6, 6.07) is 0.199. The molecule has 2 atom stereocenters. The smallest absolute Gasteiger partial charge is 0.0871 e. The molecule has 1 aliphatic heterocycles. The van der Waals surface area contributed by atoms with Crippen molar-refractivity contribution in [2.45, 2.75) is 12.1 Å². The van der Waals surface area contributed by atoms with E-state index in [-0.39, 0.29) is 12.1 Å². The third kappa shape index (κ3) is 0.748. The molecule has 1 saturated heterocycles. The van der Waals surface area contributed by atoms with Crippen LogP contribution in [0.2, 0.25) is 0 Å². The van der Waals surface area contributed by atoms with Crippen molar-refractivity contribution in [2.75, 3.05) is 13.2 Å². The topological polar surface area (TPSA) is 61.3 Å². The normalized spacial score (nSPS) is 40.3. The fourth-order valence-electron chi connectivity index (χ4n) is 0.586. The minimum absolute atomic E-state index is 0.139. The zero-order valence-electron chi connectivity index (χ0n) is 4.13. The SMILES string of the molecule is NCC1OCC1N. The Bertz CT molecular complexity index is 64.7. The van der Waals surface area contributed by atoms with E-state index in [9.17, 15) is 0 Å². The molecule has 1 fully saturated rings. The van der Waals surface area contributed by atoms with Gasteiger partial charge in [0.25, 0.3) is 0 Å². The molecule has 7 heavy (non-hydrogen) atoms. The molecule has 0 spiro atoms. The van der Waals surface area contributed by atoms with Crippen LogP contribution in [0.25, 0.3) is 0 Å². The van der Waals surface area contributed by atoms with Gasteiger partial charge in [-0.3, -0.25) is 0 Å². The van der Waals surface area contributed by atoms with Gasteiger partial charge in [0.2, 0.25) is 0 Å². The maximum Gasteiger partial charge on any atom is 0.0871 e. The van der Waals surface area contributed by atoms with Gasteiger partial charge in [-0.15, -0.1) is 0 Å². The van der Waals surface area contributed by atoms with Crippen LogP contribution in [0.3, 0.4) is 0 Å². The van der Waals surface area contributed by atoms with Gasteiger partial charge >= 0.3 is 0 Å². The summed E-state index contributed by atoms with van der Waals surface area (Å²) in [7, 11) is 0. The Kier molecular flexibility index (Phi) is 1.27. The number of nitrogens with two attached hydrogens (primary N) is 2. The van der Waals surface area contributed by atoms with Crippen molar-refractivity contribution in [3.8, 4) is 0 Å². The molecule has 0 aromatic carbocycles. The number of ether oxygens (including phenoxy) is 1. The van der Waals surface area contributed by atoms with Crippen LogP contribution in [0.5, 0.6) is 0 Å². The minimum Gasteiger partial charge on any atom is -0.373 e. The summed E-state index contributed by atoms with van der Waals surface area (Å²) in [5.41, 5.74) is 10.6. The molecule has 0 aliphatic carbocycles. The standard InChI is InChI=1S/C4H10N2O/c5-1-4-3(6)2-7-4/h3-4H,1-2,5-6H2. The third-order valence-corrected chi connectivity index (χ3v) is 1.21. The van der Waals surface area contributed by atoms with Gasteiger partial charge < -0.3 is 16.2 Å². The molecule has 3 nitrogen and oxygen atoms in total. The van der Waals surface area contributed by atoms with Crippen molar-refractivity contribution in [3.05, 3.63) is 0 Å². The first kappa shape index (κ1) is 5.03. The monoisotopic (exact) mass is 102 g/mol. The molecule has 0 amide bonds. The van der Waals surface area contributed by atoms with Gasteiger partial charge in [0.15, 0.2) is 0 Å². The van der Waals surface area contributed by atoms with Gasteiger partial charge in [0, 0.05) is 6.54 Å². The highest BCUT2D eigenvalue weighted by atomic mass is 16.5. The second-order valence-electron chi connectivity index (χ2n) is 1.77. The summed E-state index contributed by atoms with van der Waals surface area (Å²) in [6.45, 7) is 1.24. The summed E-state index contributed by atoms with van der Waals surface area (Å²) >= 11 is 0. The second-order valence-corrected chi connectivity index (χ2v) is 1.77. The summed E-state index contributed by atoms with van der Waals surface area (Å²) in [4.78, 5) is 0. The lowest BCUT2D eigenvalue weighted by Gasteiger charge is -2.32. The Morgan fingerprint density at radius 3 is 2.43 bits per heavy atom. The minimum atomic E-state index is 0.139. The van der Waals surface area contributed by atoms with E-state index < -0.39 is 0 Å². The van der Waals surface area contributed by atoms with Crippen molar-refractivity contribution in [2.24, 2.45) is 11.5 Å². The summed E-state index contributed by atoms with van der Waals surface area (Å²) < 4.78 is 4.94. The molecule has 0 radical (unpaired) electrons.